The second kappa shape index (κ2) is 37.5. The van der Waals surface area contributed by atoms with Crippen LogP contribution in [0.4, 0.5) is 45.5 Å². The van der Waals surface area contributed by atoms with E-state index >= 15 is 0 Å². The Labute approximate surface area is 784 Å². The van der Waals surface area contributed by atoms with Crippen molar-refractivity contribution in [2.45, 2.75) is 6.42 Å². The summed E-state index contributed by atoms with van der Waals surface area (Å²) < 4.78 is 8.08. The van der Waals surface area contributed by atoms with E-state index in [1.165, 1.54) is 217 Å². The van der Waals surface area contributed by atoms with E-state index in [-0.39, 0.29) is 0 Å². The zero-order valence-corrected chi connectivity index (χ0v) is 76.4. The summed E-state index contributed by atoms with van der Waals surface area (Å²) in [5.74, 6) is 0. The van der Waals surface area contributed by atoms with Crippen LogP contribution in [0.5, 0.6) is 0 Å². The molecule has 0 radical (unpaired) electrons. The van der Waals surface area contributed by atoms with Crippen molar-refractivity contribution in [3.05, 3.63) is 496 Å². The van der Waals surface area contributed by atoms with Gasteiger partial charge in [-0.25, -0.2) is 0 Å². The molecule has 0 saturated heterocycles. The third-order valence-corrected chi connectivity index (χ3v) is 29.2. The molecule has 0 amide bonds. The molecule has 1 aliphatic rings. The van der Waals surface area contributed by atoms with Gasteiger partial charge in [-0.2, -0.15) is 0 Å². The van der Waals surface area contributed by atoms with E-state index < -0.39 is 0 Å². The molecule has 0 aliphatic heterocycles. The molecule has 7 heteroatoms. The summed E-state index contributed by atoms with van der Waals surface area (Å²) in [6, 6.07) is 174. The van der Waals surface area contributed by atoms with Gasteiger partial charge in [0.25, 0.3) is 0 Å². The van der Waals surface area contributed by atoms with Crippen LogP contribution in [0.25, 0.3) is 161 Å². The van der Waals surface area contributed by atoms with Crippen LogP contribution in [0.3, 0.4) is 0 Å². The minimum absolute atomic E-state index is 1.03. The number of hydrogen-bond acceptors (Lipinski definition) is 7. The summed E-state index contributed by atoms with van der Waals surface area (Å²) in [7, 11) is 8.49. The molecule has 0 saturated carbocycles. The van der Waals surface area contributed by atoms with Crippen LogP contribution in [0.15, 0.2) is 485 Å². The molecule has 20 aromatic carbocycles. The van der Waals surface area contributed by atoms with Crippen LogP contribution in [-0.2, 0) is 6.42 Å². The van der Waals surface area contributed by atoms with Crippen molar-refractivity contribution in [2.75, 3.05) is 47.8 Å². The lowest BCUT2D eigenvalue weighted by Crippen LogP contribution is -2.09. The SMILES string of the molecule is CN(c1ccc(-c2ccccc2)cc1)c1ccc(-c2ccc3c(c2)sc2ccccc23)cc1.CN(c1ccc(-c2ccccc2)cc1)c1ccc(-c2ccc3sc4ccccc4c3c2)cc1.CN(c1ccc(-c2ccccc2)cc1)c1ccc(-c2cccc3c2-c2ccccc2C3)cc1.CN(c1ccc(-c2ccccc2)cc1)c1ccc(-c2cccc3c2sc2ccccc23)cc1. The van der Waals surface area contributed by atoms with Crippen molar-refractivity contribution < 1.29 is 0 Å². The van der Waals surface area contributed by atoms with Crippen molar-refractivity contribution in [2.24, 2.45) is 0 Å². The standard InChI is InChI=1S/C32H25N.3C31H23NS/c1-33(28-18-14-24(15-19-28)23-8-3-2-4-9-23)29-20-16-25(17-21-29)30-13-7-11-27-22-26-10-5-6-12-31(26)32(27)30;1-32(25-18-14-23(15-19-25)22-8-3-2-4-9-22)26-20-16-24(17-21-26)27-11-7-12-29-28-10-5-6-13-30(28)33-31(27)29;1-32(26-16-11-23(12-17-26)22-7-3-2-4-8-22)27-18-13-24(14-19-27)25-15-20-31-29(21-25)28-9-5-6-10-30(28)33-31;1-32(26-16-11-23(12-17-26)22-7-3-2-4-8-22)27-18-13-24(14-19-27)25-15-20-29-28-9-5-6-10-30(28)33-31(29)21-25/h2-21H,22H2,1H3;3*2-21H,1H3. The van der Waals surface area contributed by atoms with E-state index in [1.807, 2.05) is 34.0 Å². The van der Waals surface area contributed by atoms with E-state index in [1.54, 1.807) is 0 Å². The fourth-order valence-electron chi connectivity index (χ4n) is 18.3. The van der Waals surface area contributed by atoms with Gasteiger partial charge in [-0.3, -0.25) is 0 Å². The van der Waals surface area contributed by atoms with Crippen molar-refractivity contribution in [1.29, 1.82) is 0 Å². The first-order valence-electron chi connectivity index (χ1n) is 45.0. The highest BCUT2D eigenvalue weighted by molar-refractivity contribution is 7.27. The quantitative estimate of drug-likeness (QED) is 0.0956. The number of anilines is 8. The lowest BCUT2D eigenvalue weighted by Gasteiger charge is -2.20. The Morgan fingerprint density at radius 3 is 0.841 bits per heavy atom. The Bertz CT molecular complexity index is 7940. The van der Waals surface area contributed by atoms with E-state index in [2.05, 4.69) is 533 Å². The topological polar surface area (TPSA) is 13.0 Å². The zero-order chi connectivity index (χ0) is 88.8. The van der Waals surface area contributed by atoms with Gasteiger partial charge in [0.05, 0.1) is 0 Å². The largest absolute Gasteiger partial charge is 0.345 e. The van der Waals surface area contributed by atoms with Gasteiger partial charge in [0.2, 0.25) is 0 Å². The molecule has 132 heavy (non-hydrogen) atoms. The molecule has 24 rings (SSSR count). The third kappa shape index (κ3) is 17.4. The van der Waals surface area contributed by atoms with Crippen molar-refractivity contribution in [1.82, 2.24) is 0 Å². The fraction of sp³-hybridized carbons (Fsp3) is 0.0400. The molecule has 23 aromatic rings. The second-order valence-electron chi connectivity index (χ2n) is 33.6. The molecule has 4 nitrogen and oxygen atoms in total. The summed E-state index contributed by atoms with van der Waals surface area (Å²) in [5, 5.41) is 8.05. The zero-order valence-electron chi connectivity index (χ0n) is 73.9. The predicted octanol–water partition coefficient (Wildman–Crippen LogP) is 35.8. The maximum Gasteiger partial charge on any atom is 0.0433 e. The number of benzene rings is 20. The van der Waals surface area contributed by atoms with Crippen LogP contribution >= 0.6 is 34.0 Å². The predicted molar refractivity (Wildman–Crippen MR) is 574 cm³/mol. The summed E-state index contributed by atoms with van der Waals surface area (Å²) in [5.41, 5.74) is 35.1. The molecule has 0 spiro atoms. The van der Waals surface area contributed by atoms with Gasteiger partial charge in [0.15, 0.2) is 0 Å². The van der Waals surface area contributed by atoms with Crippen LogP contribution < -0.4 is 19.6 Å². The molecule has 632 valence electrons. The normalized spacial score (nSPS) is 11.3. The van der Waals surface area contributed by atoms with Gasteiger partial charge in [-0.15, -0.1) is 34.0 Å². The van der Waals surface area contributed by atoms with E-state index in [0.717, 1.165) is 6.42 Å². The molecule has 0 atom stereocenters. The van der Waals surface area contributed by atoms with E-state index in [9.17, 15) is 0 Å². The van der Waals surface area contributed by atoms with Gasteiger partial charge in [0.1, 0.15) is 0 Å². The van der Waals surface area contributed by atoms with Crippen molar-refractivity contribution in [3.8, 4) is 100 Å². The minimum atomic E-state index is 1.03. The summed E-state index contributed by atoms with van der Waals surface area (Å²) in [6.07, 6.45) is 1.03. The Morgan fingerprint density at radius 2 is 0.417 bits per heavy atom. The van der Waals surface area contributed by atoms with Gasteiger partial charge >= 0.3 is 0 Å². The molecule has 1 aliphatic carbocycles. The van der Waals surface area contributed by atoms with E-state index in [4.69, 9.17) is 0 Å². The first-order valence-corrected chi connectivity index (χ1v) is 47.4. The Balaban J connectivity index is 0.000000106. The van der Waals surface area contributed by atoms with Gasteiger partial charge in [0, 0.05) is 134 Å². The molecule has 3 aromatic heterocycles. The molecule has 0 N–H and O–H groups in total. The van der Waals surface area contributed by atoms with E-state index in [0.29, 0.717) is 0 Å². The highest BCUT2D eigenvalue weighted by Gasteiger charge is 2.23. The Kier molecular flexibility index (Phi) is 23.6. The molecule has 0 bridgehead atoms. The highest BCUT2D eigenvalue weighted by Crippen LogP contribution is 2.47. The Hall–Kier alpha value is -15.7. The van der Waals surface area contributed by atoms with Crippen LogP contribution in [-0.4, -0.2) is 28.2 Å². The van der Waals surface area contributed by atoms with Gasteiger partial charge in [-0.1, -0.05) is 352 Å². The molecular weight excluding hydrogens is 1650 g/mol. The fourth-order valence-corrected chi connectivity index (χ4v) is 21.8. The van der Waals surface area contributed by atoms with Crippen LogP contribution in [0.2, 0.25) is 0 Å². The summed E-state index contributed by atoms with van der Waals surface area (Å²) in [4.78, 5) is 8.93. The number of hydrogen-bond donors (Lipinski definition) is 0. The van der Waals surface area contributed by atoms with Crippen LogP contribution in [0.1, 0.15) is 11.1 Å². The monoisotopic (exact) mass is 1750 g/mol. The number of fused-ring (bicyclic) bond motifs is 12. The van der Waals surface area contributed by atoms with Crippen molar-refractivity contribution in [3.63, 3.8) is 0 Å². The number of nitrogens with zero attached hydrogens (tertiary/aromatic N) is 4. The summed E-state index contributed by atoms with van der Waals surface area (Å²) >= 11 is 5.61. The first kappa shape index (κ1) is 83.2. The van der Waals surface area contributed by atoms with Gasteiger partial charge in [-0.05, 0) is 251 Å². The maximum absolute atomic E-state index is 2.33. The number of thiophene rings is 3. The minimum Gasteiger partial charge on any atom is -0.345 e. The second-order valence-corrected chi connectivity index (χ2v) is 36.9. The van der Waals surface area contributed by atoms with Crippen LogP contribution in [0, 0.1) is 0 Å². The third-order valence-electron chi connectivity index (χ3n) is 25.7. The highest BCUT2D eigenvalue weighted by atomic mass is 32.1. The van der Waals surface area contributed by atoms with Gasteiger partial charge < -0.3 is 19.6 Å². The molecular formula is C125H94N4S3. The Morgan fingerprint density at radius 1 is 0.159 bits per heavy atom. The smallest absolute Gasteiger partial charge is 0.0433 e. The first-order chi connectivity index (χ1) is 65.1. The average molecular weight is 1750 g/mol. The average Bonchev–Trinajstić information content (AvgIpc) is 1.61. The lowest BCUT2D eigenvalue weighted by molar-refractivity contribution is 1.21. The molecule has 0 unspecified atom stereocenters. The maximum atomic E-state index is 2.33. The van der Waals surface area contributed by atoms with Crippen molar-refractivity contribution >= 4 is 140 Å². The number of rotatable bonds is 16. The molecule has 3 heterocycles. The summed E-state index contributed by atoms with van der Waals surface area (Å²) in [6.45, 7) is 0. The lowest BCUT2D eigenvalue weighted by atomic mass is 9.94. The molecule has 0 fully saturated rings.